The molecule has 0 aliphatic rings. The fraction of sp³-hybridized carbons (Fsp3) is 0.100. The van der Waals surface area contributed by atoms with Crippen LogP contribution in [0.1, 0.15) is 21.5 Å². The first-order chi connectivity index (χ1) is 14.0. The third-order valence-electron chi connectivity index (χ3n) is 3.74. The summed E-state index contributed by atoms with van der Waals surface area (Å²) in [5.41, 5.74) is -2.27. The number of ether oxygens (including phenoxy) is 2. The number of nitrogens with zero attached hydrogens (tertiary/aromatic N) is 1. The lowest BCUT2D eigenvalue weighted by Gasteiger charge is -2.12. The molecule has 0 aliphatic heterocycles. The van der Waals surface area contributed by atoms with Crippen LogP contribution >= 0.6 is 0 Å². The van der Waals surface area contributed by atoms with Gasteiger partial charge >= 0.3 is 18.3 Å². The summed E-state index contributed by atoms with van der Waals surface area (Å²) in [6.07, 6.45) is -8.01. The first-order valence-corrected chi connectivity index (χ1v) is 8.23. The number of hydrogen-bond acceptors (Lipinski definition) is 4. The minimum atomic E-state index is -4.63. The van der Waals surface area contributed by atoms with Crippen LogP contribution in [0.3, 0.4) is 0 Å². The van der Waals surface area contributed by atoms with E-state index in [0.29, 0.717) is 6.07 Å². The number of halogens is 6. The van der Waals surface area contributed by atoms with Gasteiger partial charge in [-0.05, 0) is 48.5 Å². The number of rotatable bonds is 4. The van der Waals surface area contributed by atoms with Crippen molar-refractivity contribution in [3.05, 3.63) is 83.6 Å². The van der Waals surface area contributed by atoms with Crippen molar-refractivity contribution in [3.8, 4) is 17.4 Å². The highest BCUT2D eigenvalue weighted by atomic mass is 19.4. The van der Waals surface area contributed by atoms with E-state index in [1.165, 1.54) is 24.4 Å². The lowest BCUT2D eigenvalue weighted by molar-refractivity contribution is -0.138. The first-order valence-electron chi connectivity index (χ1n) is 8.23. The van der Waals surface area contributed by atoms with Gasteiger partial charge in [0.1, 0.15) is 17.1 Å². The Morgan fingerprint density at radius 2 is 1.33 bits per heavy atom. The quantitative estimate of drug-likeness (QED) is 0.286. The Balaban J connectivity index is 1.85. The summed E-state index contributed by atoms with van der Waals surface area (Å²) in [5, 5.41) is 0. The normalized spacial score (nSPS) is 11.8. The second-order valence-electron chi connectivity index (χ2n) is 5.90. The zero-order valence-corrected chi connectivity index (χ0v) is 14.8. The second-order valence-corrected chi connectivity index (χ2v) is 5.90. The van der Waals surface area contributed by atoms with E-state index in [2.05, 4.69) is 4.98 Å². The molecule has 0 saturated carbocycles. The van der Waals surface area contributed by atoms with E-state index >= 15 is 0 Å². The van der Waals surface area contributed by atoms with E-state index in [4.69, 9.17) is 9.47 Å². The zero-order chi connectivity index (χ0) is 21.9. The highest BCUT2D eigenvalue weighted by Crippen LogP contribution is 2.34. The monoisotopic (exact) mass is 427 g/mol. The topological polar surface area (TPSA) is 48.4 Å². The van der Waals surface area contributed by atoms with E-state index < -0.39 is 29.4 Å². The molecular weight excluding hydrogens is 416 g/mol. The van der Waals surface area contributed by atoms with Gasteiger partial charge in [0.05, 0.1) is 11.1 Å². The number of pyridine rings is 1. The molecule has 0 spiro atoms. The van der Waals surface area contributed by atoms with Gasteiger partial charge in [0.25, 0.3) is 0 Å². The van der Waals surface area contributed by atoms with Crippen LogP contribution < -0.4 is 9.47 Å². The van der Waals surface area contributed by atoms with Gasteiger partial charge in [-0.3, -0.25) is 0 Å². The third-order valence-corrected chi connectivity index (χ3v) is 3.74. The molecule has 1 aromatic heterocycles. The van der Waals surface area contributed by atoms with Crippen LogP contribution in [0, 0.1) is 0 Å². The van der Waals surface area contributed by atoms with Crippen molar-refractivity contribution in [2.45, 2.75) is 12.4 Å². The molecule has 0 atom stereocenters. The van der Waals surface area contributed by atoms with Gasteiger partial charge in [0.15, 0.2) is 0 Å². The number of esters is 1. The maximum atomic E-state index is 12.8. The van der Waals surface area contributed by atoms with Crippen LogP contribution in [0.15, 0.2) is 66.9 Å². The molecule has 0 unspecified atom stereocenters. The highest BCUT2D eigenvalue weighted by molar-refractivity contribution is 5.93. The lowest BCUT2D eigenvalue weighted by Crippen LogP contribution is -2.12. The predicted octanol–water partition coefficient (Wildman–Crippen LogP) is 6.13. The van der Waals surface area contributed by atoms with Gasteiger partial charge in [0.2, 0.25) is 5.88 Å². The van der Waals surface area contributed by atoms with Gasteiger partial charge in [-0.25, -0.2) is 9.78 Å². The van der Waals surface area contributed by atoms with Crippen LogP contribution in [0.4, 0.5) is 26.3 Å². The van der Waals surface area contributed by atoms with Gasteiger partial charge in [0, 0.05) is 6.20 Å². The van der Waals surface area contributed by atoms with Crippen molar-refractivity contribution in [3.63, 3.8) is 0 Å². The number of aromatic nitrogens is 1. The maximum absolute atomic E-state index is 12.8. The largest absolute Gasteiger partial charge is 0.438 e. The molecule has 0 N–H and O–H groups in total. The Kier molecular flexibility index (Phi) is 5.68. The number of hydrogen-bond donors (Lipinski definition) is 0. The van der Waals surface area contributed by atoms with Crippen LogP contribution in [0.25, 0.3) is 0 Å². The van der Waals surface area contributed by atoms with Crippen molar-refractivity contribution >= 4 is 5.97 Å². The van der Waals surface area contributed by atoms with E-state index in [0.717, 1.165) is 36.4 Å². The average Bonchev–Trinajstić information content (AvgIpc) is 2.67. The fourth-order valence-electron chi connectivity index (χ4n) is 2.37. The molecule has 3 aromatic rings. The van der Waals surface area contributed by atoms with Crippen molar-refractivity contribution < 1.29 is 40.6 Å². The Morgan fingerprint density at radius 3 is 1.93 bits per heavy atom. The van der Waals surface area contributed by atoms with Gasteiger partial charge in [-0.15, -0.1) is 0 Å². The highest BCUT2D eigenvalue weighted by Gasteiger charge is 2.32. The Labute approximate surface area is 165 Å². The van der Waals surface area contributed by atoms with Crippen LogP contribution in [0.5, 0.6) is 17.4 Å². The first kappa shape index (κ1) is 21.2. The summed E-state index contributed by atoms with van der Waals surface area (Å²) in [5.74, 6) is -2.07. The van der Waals surface area contributed by atoms with Gasteiger partial charge < -0.3 is 9.47 Å². The molecule has 0 bridgehead atoms. The SMILES string of the molecule is O=C(Oc1cccc(C(F)(F)F)c1)c1cccnc1Oc1cccc(C(F)(F)F)c1. The van der Waals surface area contributed by atoms with Gasteiger partial charge in [-0.2, -0.15) is 26.3 Å². The van der Waals surface area contributed by atoms with E-state index in [-0.39, 0.29) is 22.9 Å². The fourth-order valence-corrected chi connectivity index (χ4v) is 2.37. The van der Waals surface area contributed by atoms with E-state index in [1.807, 2.05) is 0 Å². The molecule has 30 heavy (non-hydrogen) atoms. The molecule has 0 saturated heterocycles. The van der Waals surface area contributed by atoms with Crippen molar-refractivity contribution in [2.75, 3.05) is 0 Å². The number of carbonyl (C=O) groups is 1. The summed E-state index contributed by atoms with van der Waals surface area (Å²) < 4.78 is 87.2. The summed E-state index contributed by atoms with van der Waals surface area (Å²) in [6.45, 7) is 0. The Hall–Kier alpha value is -3.56. The number of carbonyl (C=O) groups excluding carboxylic acids is 1. The zero-order valence-electron chi connectivity index (χ0n) is 14.8. The Bertz CT molecular complexity index is 1060. The van der Waals surface area contributed by atoms with E-state index in [1.54, 1.807) is 0 Å². The predicted molar refractivity (Wildman–Crippen MR) is 92.2 cm³/mol. The summed E-state index contributed by atoms with van der Waals surface area (Å²) in [6, 6.07) is 10.1. The Morgan fingerprint density at radius 1 is 0.767 bits per heavy atom. The molecule has 0 aliphatic carbocycles. The summed E-state index contributed by atoms with van der Waals surface area (Å²) >= 11 is 0. The molecular formula is C20H11F6NO3. The molecule has 1 heterocycles. The van der Waals surface area contributed by atoms with Crippen molar-refractivity contribution in [1.29, 1.82) is 0 Å². The van der Waals surface area contributed by atoms with Crippen LogP contribution in [-0.2, 0) is 12.4 Å². The number of alkyl halides is 6. The minimum absolute atomic E-state index is 0.239. The summed E-state index contributed by atoms with van der Waals surface area (Å²) in [7, 11) is 0. The van der Waals surface area contributed by atoms with Crippen molar-refractivity contribution in [1.82, 2.24) is 4.98 Å². The van der Waals surface area contributed by atoms with Crippen molar-refractivity contribution in [2.24, 2.45) is 0 Å². The average molecular weight is 427 g/mol. The minimum Gasteiger partial charge on any atom is -0.438 e. The molecule has 4 nitrogen and oxygen atoms in total. The number of benzene rings is 2. The van der Waals surface area contributed by atoms with Crippen LogP contribution in [-0.4, -0.2) is 11.0 Å². The maximum Gasteiger partial charge on any atom is 0.416 e. The standard InChI is InChI=1S/C20H11F6NO3/c21-19(22,23)12-4-1-6-14(10-12)29-17-16(8-3-9-27-17)18(28)30-15-7-2-5-13(11-15)20(24,25)26/h1-11H. The molecule has 156 valence electrons. The summed E-state index contributed by atoms with van der Waals surface area (Å²) in [4.78, 5) is 16.2. The molecule has 2 aromatic carbocycles. The van der Waals surface area contributed by atoms with E-state index in [9.17, 15) is 31.1 Å². The molecule has 0 fully saturated rings. The molecule has 0 radical (unpaired) electrons. The molecule has 0 amide bonds. The molecule has 10 heteroatoms. The lowest BCUT2D eigenvalue weighted by atomic mass is 10.2. The molecule has 3 rings (SSSR count). The van der Waals surface area contributed by atoms with Crippen LogP contribution in [0.2, 0.25) is 0 Å². The smallest absolute Gasteiger partial charge is 0.416 e. The second kappa shape index (κ2) is 8.05. The third kappa shape index (κ3) is 5.07. The van der Waals surface area contributed by atoms with Gasteiger partial charge in [-0.1, -0.05) is 12.1 Å².